The first-order valence-corrected chi connectivity index (χ1v) is 7.95. The van der Waals surface area contributed by atoms with Gasteiger partial charge < -0.3 is 14.8 Å². The monoisotopic (exact) mass is 314 g/mol. The van der Waals surface area contributed by atoms with Gasteiger partial charge in [-0.05, 0) is 20.0 Å². The van der Waals surface area contributed by atoms with Gasteiger partial charge in [0.15, 0.2) is 0 Å². The minimum Gasteiger partial charge on any atom is -0.353 e. The number of nitrogens with zero attached hydrogens (tertiary/aromatic N) is 2. The molecular formula is C12H18N4O4S. The molecule has 9 heteroatoms. The van der Waals surface area contributed by atoms with Crippen molar-refractivity contribution < 1.29 is 18.0 Å². The first-order chi connectivity index (χ1) is 9.77. The number of carbonyl (C=O) groups is 2. The van der Waals surface area contributed by atoms with Crippen molar-refractivity contribution in [2.24, 2.45) is 7.05 Å². The van der Waals surface area contributed by atoms with Crippen LogP contribution in [-0.2, 0) is 21.9 Å². The summed E-state index contributed by atoms with van der Waals surface area (Å²) < 4.78 is 27.2. The number of carbonyl (C=O) groups excluding carboxylic acids is 2. The maximum atomic E-state index is 12.5. The quantitative estimate of drug-likeness (QED) is 0.739. The van der Waals surface area contributed by atoms with Crippen molar-refractivity contribution in [1.29, 1.82) is 0 Å². The van der Waals surface area contributed by atoms with Crippen molar-refractivity contribution in [3.63, 3.8) is 0 Å². The van der Waals surface area contributed by atoms with E-state index in [1.165, 1.54) is 28.8 Å². The van der Waals surface area contributed by atoms with Gasteiger partial charge in [-0.1, -0.05) is 0 Å². The van der Waals surface area contributed by atoms with Crippen molar-refractivity contribution in [2.75, 3.05) is 20.1 Å². The van der Waals surface area contributed by atoms with Crippen LogP contribution in [0.1, 0.15) is 17.4 Å². The van der Waals surface area contributed by atoms with Crippen LogP contribution in [0.15, 0.2) is 17.2 Å². The number of rotatable bonds is 3. The average Bonchev–Trinajstić information content (AvgIpc) is 2.84. The topological polar surface area (TPSA) is 101 Å². The summed E-state index contributed by atoms with van der Waals surface area (Å²) in [6.07, 6.45) is 1.37. The Morgan fingerprint density at radius 1 is 1.48 bits per heavy atom. The van der Waals surface area contributed by atoms with E-state index in [9.17, 15) is 18.0 Å². The van der Waals surface area contributed by atoms with Crippen molar-refractivity contribution in [3.05, 3.63) is 18.0 Å². The van der Waals surface area contributed by atoms with Gasteiger partial charge in [0.2, 0.25) is 15.9 Å². The Hall–Kier alpha value is -1.87. The maximum Gasteiger partial charge on any atom is 0.271 e. The van der Waals surface area contributed by atoms with Crippen LogP contribution < -0.4 is 10.0 Å². The summed E-state index contributed by atoms with van der Waals surface area (Å²) in [7, 11) is -0.709. The molecular weight excluding hydrogens is 296 g/mol. The molecule has 2 amide bonds. The lowest BCUT2D eigenvalue weighted by molar-refractivity contribution is -0.127. The smallest absolute Gasteiger partial charge is 0.271 e. The van der Waals surface area contributed by atoms with E-state index < -0.39 is 16.1 Å². The Balaban J connectivity index is 2.34. The Morgan fingerprint density at radius 2 is 2.14 bits per heavy atom. The largest absolute Gasteiger partial charge is 0.353 e. The highest BCUT2D eigenvalue weighted by molar-refractivity contribution is 7.89. The Morgan fingerprint density at radius 3 is 2.76 bits per heavy atom. The predicted molar refractivity (Wildman–Crippen MR) is 75.2 cm³/mol. The van der Waals surface area contributed by atoms with Crippen molar-refractivity contribution >= 4 is 21.8 Å². The van der Waals surface area contributed by atoms with E-state index >= 15 is 0 Å². The molecule has 21 heavy (non-hydrogen) atoms. The molecule has 1 saturated heterocycles. The van der Waals surface area contributed by atoms with Crippen LogP contribution in [0.2, 0.25) is 0 Å². The van der Waals surface area contributed by atoms with E-state index in [1.807, 2.05) is 0 Å². The molecule has 8 nitrogen and oxygen atoms in total. The predicted octanol–water partition coefficient (Wildman–Crippen LogP) is -1.11. The molecule has 0 saturated carbocycles. The molecule has 1 aliphatic heterocycles. The fourth-order valence-corrected chi connectivity index (χ4v) is 3.02. The van der Waals surface area contributed by atoms with Gasteiger partial charge in [-0.3, -0.25) is 9.59 Å². The molecule has 1 unspecified atom stereocenters. The fraction of sp³-hybridized carbons (Fsp3) is 0.500. The molecule has 2 N–H and O–H groups in total. The molecule has 1 aromatic heterocycles. The highest BCUT2D eigenvalue weighted by Crippen LogP contribution is 2.17. The number of nitrogens with one attached hydrogen (secondary N) is 2. The van der Waals surface area contributed by atoms with Gasteiger partial charge in [0.25, 0.3) is 5.91 Å². The molecule has 1 aliphatic rings. The number of hydrogen-bond acceptors (Lipinski definition) is 4. The summed E-state index contributed by atoms with van der Waals surface area (Å²) >= 11 is 0. The summed E-state index contributed by atoms with van der Waals surface area (Å²) in [6.45, 7) is 2.42. The standard InChI is InChI=1S/C12H18N4O4S/c1-8-11(17)14-4-5-16(8)12(18)10-6-9(7-15(10)3)21(19,20)13-2/h6-8,13H,4-5H2,1-3H3,(H,14,17). The van der Waals surface area contributed by atoms with E-state index in [-0.39, 0.29) is 22.4 Å². The van der Waals surface area contributed by atoms with Gasteiger partial charge in [0.1, 0.15) is 16.6 Å². The van der Waals surface area contributed by atoms with Crippen LogP contribution in [0.3, 0.4) is 0 Å². The third-order valence-electron chi connectivity index (χ3n) is 3.54. The minimum absolute atomic E-state index is 0.0185. The number of amides is 2. The first kappa shape index (κ1) is 15.5. The number of aryl methyl sites for hydroxylation is 1. The van der Waals surface area contributed by atoms with Crippen LogP contribution in [0.4, 0.5) is 0 Å². The second-order valence-electron chi connectivity index (χ2n) is 4.85. The van der Waals surface area contributed by atoms with Gasteiger partial charge in [-0.15, -0.1) is 0 Å². The molecule has 1 aromatic rings. The summed E-state index contributed by atoms with van der Waals surface area (Å²) in [5.41, 5.74) is 0.227. The summed E-state index contributed by atoms with van der Waals surface area (Å²) in [5.74, 6) is -0.579. The lowest BCUT2D eigenvalue weighted by Crippen LogP contribution is -2.56. The van der Waals surface area contributed by atoms with E-state index in [4.69, 9.17) is 0 Å². The zero-order chi connectivity index (χ0) is 15.8. The molecule has 0 aliphatic carbocycles. The highest BCUT2D eigenvalue weighted by atomic mass is 32.2. The molecule has 1 atom stereocenters. The lowest BCUT2D eigenvalue weighted by Gasteiger charge is -2.32. The molecule has 0 spiro atoms. The van der Waals surface area contributed by atoms with Gasteiger partial charge in [0.05, 0.1) is 0 Å². The van der Waals surface area contributed by atoms with E-state index in [2.05, 4.69) is 10.0 Å². The Labute approximate surface area is 123 Å². The Kier molecular flexibility index (Phi) is 4.06. The fourth-order valence-electron chi connectivity index (χ4n) is 2.22. The minimum atomic E-state index is -3.61. The summed E-state index contributed by atoms with van der Waals surface area (Å²) in [4.78, 5) is 25.6. The van der Waals surface area contributed by atoms with E-state index in [0.717, 1.165) is 0 Å². The maximum absolute atomic E-state index is 12.5. The SMILES string of the molecule is CNS(=O)(=O)c1cc(C(=O)N2CCNC(=O)C2C)n(C)c1. The second-order valence-corrected chi connectivity index (χ2v) is 6.73. The summed E-state index contributed by atoms with van der Waals surface area (Å²) in [6, 6.07) is 0.735. The molecule has 116 valence electrons. The highest BCUT2D eigenvalue weighted by Gasteiger charge is 2.31. The average molecular weight is 314 g/mol. The third kappa shape index (κ3) is 2.79. The Bertz CT molecular complexity index is 679. The molecule has 2 rings (SSSR count). The van der Waals surface area contributed by atoms with Crippen LogP contribution in [0, 0.1) is 0 Å². The zero-order valence-corrected chi connectivity index (χ0v) is 12.9. The van der Waals surface area contributed by atoms with Gasteiger partial charge >= 0.3 is 0 Å². The third-order valence-corrected chi connectivity index (χ3v) is 4.92. The van der Waals surface area contributed by atoms with Crippen molar-refractivity contribution in [1.82, 2.24) is 19.5 Å². The van der Waals surface area contributed by atoms with Crippen molar-refractivity contribution in [3.8, 4) is 0 Å². The van der Waals surface area contributed by atoms with Crippen molar-refractivity contribution in [2.45, 2.75) is 17.9 Å². The lowest BCUT2D eigenvalue weighted by atomic mass is 10.2. The van der Waals surface area contributed by atoms with E-state index in [0.29, 0.717) is 13.1 Å². The van der Waals surface area contributed by atoms with Crippen LogP contribution in [-0.4, -0.2) is 55.9 Å². The van der Waals surface area contributed by atoms with Gasteiger partial charge in [-0.2, -0.15) is 0 Å². The van der Waals surface area contributed by atoms with Gasteiger partial charge in [-0.25, -0.2) is 13.1 Å². The molecule has 0 aromatic carbocycles. The number of aromatic nitrogens is 1. The zero-order valence-electron chi connectivity index (χ0n) is 12.1. The first-order valence-electron chi connectivity index (χ1n) is 6.46. The molecule has 0 bridgehead atoms. The molecule has 0 radical (unpaired) electrons. The normalized spacial score (nSPS) is 19.5. The number of hydrogen-bond donors (Lipinski definition) is 2. The van der Waals surface area contributed by atoms with E-state index in [1.54, 1.807) is 14.0 Å². The number of sulfonamides is 1. The summed E-state index contributed by atoms with van der Waals surface area (Å²) in [5, 5.41) is 2.68. The van der Waals surface area contributed by atoms with Gasteiger partial charge in [0, 0.05) is 26.3 Å². The molecule has 1 fully saturated rings. The number of piperazine rings is 1. The van der Waals surface area contributed by atoms with Crippen LogP contribution in [0.5, 0.6) is 0 Å². The molecule has 2 heterocycles. The second kappa shape index (κ2) is 5.49. The van der Waals surface area contributed by atoms with Crippen LogP contribution >= 0.6 is 0 Å². The van der Waals surface area contributed by atoms with Crippen LogP contribution in [0.25, 0.3) is 0 Å².